The van der Waals surface area contributed by atoms with Crippen LogP contribution >= 0.6 is 0 Å². The lowest BCUT2D eigenvalue weighted by atomic mass is 9.77. The van der Waals surface area contributed by atoms with Gasteiger partial charge in [0.2, 0.25) is 0 Å². The van der Waals surface area contributed by atoms with Gasteiger partial charge >= 0.3 is 0 Å². The minimum Gasteiger partial charge on any atom is -0.396 e. The summed E-state index contributed by atoms with van der Waals surface area (Å²) in [7, 11) is 3.67. The first-order valence-electron chi connectivity index (χ1n) is 7.79. The maximum Gasteiger partial charge on any atom is 0.256 e. The van der Waals surface area contributed by atoms with Gasteiger partial charge in [0, 0.05) is 39.5 Å². The number of halogens is 1. The summed E-state index contributed by atoms with van der Waals surface area (Å²) in [6.07, 6.45) is 2.43. The van der Waals surface area contributed by atoms with E-state index in [0.717, 1.165) is 24.9 Å². The van der Waals surface area contributed by atoms with Crippen LogP contribution in [-0.4, -0.2) is 49.7 Å². The number of nitrogens with zero attached hydrogens (tertiary/aromatic N) is 2. The number of likely N-dealkylation sites (tertiary alicyclic amines) is 1. The number of hydrogen-bond acceptors (Lipinski definition) is 3. The number of carbonyl (C=O) groups is 1. The third-order valence-electron chi connectivity index (χ3n) is 4.90. The molecule has 2 rings (SSSR count). The van der Waals surface area contributed by atoms with Crippen molar-refractivity contribution in [2.45, 2.75) is 26.2 Å². The third kappa shape index (κ3) is 3.24. The quantitative estimate of drug-likeness (QED) is 0.929. The smallest absolute Gasteiger partial charge is 0.256 e. The molecule has 0 unspecified atom stereocenters. The molecule has 1 fully saturated rings. The van der Waals surface area contributed by atoms with E-state index in [-0.39, 0.29) is 23.5 Å². The number of benzene rings is 1. The van der Waals surface area contributed by atoms with Gasteiger partial charge in [-0.3, -0.25) is 4.79 Å². The van der Waals surface area contributed by atoms with Crippen LogP contribution in [-0.2, 0) is 0 Å². The second-order valence-electron chi connectivity index (χ2n) is 6.36. The van der Waals surface area contributed by atoms with E-state index in [1.165, 1.54) is 6.07 Å². The molecule has 1 N–H and O–H groups in total. The molecular weight excluding hydrogens is 283 g/mol. The lowest BCUT2D eigenvalue weighted by molar-refractivity contribution is 0.0335. The first-order chi connectivity index (χ1) is 10.4. The highest BCUT2D eigenvalue weighted by molar-refractivity contribution is 5.95. The Morgan fingerprint density at radius 1 is 1.36 bits per heavy atom. The summed E-state index contributed by atoms with van der Waals surface area (Å²) >= 11 is 0. The number of rotatable bonds is 4. The van der Waals surface area contributed by atoms with Crippen molar-refractivity contribution in [1.29, 1.82) is 0 Å². The summed E-state index contributed by atoms with van der Waals surface area (Å²) in [5.41, 5.74) is 0.779. The van der Waals surface area contributed by atoms with Crippen molar-refractivity contribution >= 4 is 11.6 Å². The molecule has 1 aliphatic heterocycles. The number of amides is 1. The average Bonchev–Trinajstić information content (AvgIpc) is 2.54. The topological polar surface area (TPSA) is 43.8 Å². The molecule has 22 heavy (non-hydrogen) atoms. The molecule has 1 heterocycles. The molecule has 0 spiro atoms. The molecule has 0 aliphatic carbocycles. The third-order valence-corrected chi connectivity index (χ3v) is 4.90. The summed E-state index contributed by atoms with van der Waals surface area (Å²) < 4.78 is 14.2. The maximum atomic E-state index is 14.2. The van der Waals surface area contributed by atoms with E-state index in [2.05, 4.69) is 6.92 Å². The highest BCUT2D eigenvalue weighted by atomic mass is 19.1. The van der Waals surface area contributed by atoms with Crippen molar-refractivity contribution in [2.24, 2.45) is 5.41 Å². The molecule has 0 saturated carbocycles. The van der Waals surface area contributed by atoms with Crippen LogP contribution in [0.4, 0.5) is 10.1 Å². The second kappa shape index (κ2) is 6.65. The van der Waals surface area contributed by atoms with E-state index >= 15 is 0 Å². The van der Waals surface area contributed by atoms with Crippen LogP contribution in [0.2, 0.25) is 0 Å². The zero-order valence-electron chi connectivity index (χ0n) is 13.6. The number of hydrogen-bond donors (Lipinski definition) is 1. The van der Waals surface area contributed by atoms with Crippen LogP contribution in [0.3, 0.4) is 0 Å². The van der Waals surface area contributed by atoms with E-state index in [0.29, 0.717) is 13.1 Å². The van der Waals surface area contributed by atoms with Gasteiger partial charge in [-0.15, -0.1) is 0 Å². The fraction of sp³-hybridized carbons (Fsp3) is 0.588. The largest absolute Gasteiger partial charge is 0.396 e. The Labute approximate surface area is 131 Å². The van der Waals surface area contributed by atoms with Crippen LogP contribution in [0.25, 0.3) is 0 Å². The van der Waals surface area contributed by atoms with Crippen molar-refractivity contribution < 1.29 is 14.3 Å². The molecule has 0 atom stereocenters. The molecule has 1 aliphatic rings. The summed E-state index contributed by atoms with van der Waals surface area (Å²) in [5.74, 6) is -0.740. The molecule has 4 nitrogen and oxygen atoms in total. The van der Waals surface area contributed by atoms with Crippen molar-refractivity contribution in [3.8, 4) is 0 Å². The molecule has 1 aromatic rings. The Kier molecular flexibility index (Phi) is 5.06. The lowest BCUT2D eigenvalue weighted by Crippen LogP contribution is -2.44. The van der Waals surface area contributed by atoms with Crippen molar-refractivity contribution in [3.63, 3.8) is 0 Å². The second-order valence-corrected chi connectivity index (χ2v) is 6.36. The number of aliphatic hydroxyl groups is 1. The van der Waals surface area contributed by atoms with Gasteiger partial charge in [-0.1, -0.05) is 6.92 Å². The van der Waals surface area contributed by atoms with E-state index in [4.69, 9.17) is 0 Å². The Bertz CT molecular complexity index is 531. The van der Waals surface area contributed by atoms with E-state index in [1.807, 2.05) is 14.1 Å². The molecule has 5 heteroatoms. The molecule has 1 saturated heterocycles. The zero-order chi connectivity index (χ0) is 16.3. The lowest BCUT2D eigenvalue weighted by Gasteiger charge is -2.40. The maximum absolute atomic E-state index is 14.2. The van der Waals surface area contributed by atoms with Gasteiger partial charge in [0.25, 0.3) is 5.91 Å². The van der Waals surface area contributed by atoms with Crippen LogP contribution in [0.1, 0.15) is 36.5 Å². The van der Waals surface area contributed by atoms with E-state index < -0.39 is 5.82 Å². The molecule has 122 valence electrons. The van der Waals surface area contributed by atoms with Gasteiger partial charge < -0.3 is 14.9 Å². The molecule has 0 bridgehead atoms. The van der Waals surface area contributed by atoms with E-state index in [9.17, 15) is 14.3 Å². The van der Waals surface area contributed by atoms with Gasteiger partial charge in [0.05, 0.1) is 5.56 Å². The predicted molar refractivity (Wildman–Crippen MR) is 85.7 cm³/mol. The minimum absolute atomic E-state index is 0.0793. The fourth-order valence-electron chi connectivity index (χ4n) is 2.93. The highest BCUT2D eigenvalue weighted by Gasteiger charge is 2.34. The number of anilines is 1. The summed E-state index contributed by atoms with van der Waals surface area (Å²) in [6.45, 7) is 3.36. The highest BCUT2D eigenvalue weighted by Crippen LogP contribution is 2.34. The monoisotopic (exact) mass is 308 g/mol. The Morgan fingerprint density at radius 2 is 2.00 bits per heavy atom. The number of aliphatic hydroxyl groups excluding tert-OH is 1. The molecule has 1 amide bonds. The number of piperidine rings is 1. The van der Waals surface area contributed by atoms with Gasteiger partial charge in [-0.05, 0) is 42.9 Å². The van der Waals surface area contributed by atoms with Crippen molar-refractivity contribution in [3.05, 3.63) is 29.6 Å². The van der Waals surface area contributed by atoms with Crippen LogP contribution in [0, 0.1) is 11.2 Å². The Morgan fingerprint density at radius 3 is 2.45 bits per heavy atom. The Balaban J connectivity index is 2.10. The number of carbonyl (C=O) groups excluding carboxylic acids is 1. The standard InChI is InChI=1S/C17H25FN2O2/c1-4-17(12-21)7-9-20(10-8-17)16(22)14-6-5-13(19(2)3)11-15(14)18/h5-6,11,21H,4,7-10,12H2,1-3H3. The SMILES string of the molecule is CCC1(CO)CCN(C(=O)c2ccc(N(C)C)cc2F)CC1. The van der Waals surface area contributed by atoms with Crippen LogP contribution < -0.4 is 4.90 Å². The first kappa shape index (κ1) is 16.7. The zero-order valence-corrected chi connectivity index (χ0v) is 13.6. The average molecular weight is 308 g/mol. The predicted octanol–water partition coefficient (Wildman–Crippen LogP) is 2.52. The Hall–Kier alpha value is -1.62. The van der Waals surface area contributed by atoms with Gasteiger partial charge in [-0.25, -0.2) is 4.39 Å². The molecule has 0 aromatic heterocycles. The summed E-state index contributed by atoms with van der Waals surface area (Å²) in [4.78, 5) is 16.0. The van der Waals surface area contributed by atoms with Crippen LogP contribution in [0.5, 0.6) is 0 Å². The van der Waals surface area contributed by atoms with Gasteiger partial charge in [-0.2, -0.15) is 0 Å². The first-order valence-corrected chi connectivity index (χ1v) is 7.79. The molecule has 1 aromatic carbocycles. The van der Waals surface area contributed by atoms with Crippen LogP contribution in [0.15, 0.2) is 18.2 Å². The van der Waals surface area contributed by atoms with Gasteiger partial charge in [0.1, 0.15) is 5.82 Å². The van der Waals surface area contributed by atoms with Gasteiger partial charge in [0.15, 0.2) is 0 Å². The van der Waals surface area contributed by atoms with E-state index in [1.54, 1.807) is 21.9 Å². The molecular formula is C17H25FN2O2. The minimum atomic E-state index is -0.481. The summed E-state index contributed by atoms with van der Waals surface area (Å²) in [5, 5.41) is 9.54. The summed E-state index contributed by atoms with van der Waals surface area (Å²) in [6, 6.07) is 4.70. The van der Waals surface area contributed by atoms with Crippen molar-refractivity contribution in [2.75, 3.05) is 38.7 Å². The van der Waals surface area contributed by atoms with Crippen molar-refractivity contribution in [1.82, 2.24) is 4.90 Å². The molecule has 0 radical (unpaired) electrons. The fourth-order valence-corrected chi connectivity index (χ4v) is 2.93. The normalized spacial score (nSPS) is 17.4.